The van der Waals surface area contributed by atoms with Crippen LogP contribution in [0.3, 0.4) is 0 Å². The van der Waals surface area contributed by atoms with Gasteiger partial charge in [0.05, 0.1) is 6.61 Å². The minimum absolute atomic E-state index is 0.00563. The van der Waals surface area contributed by atoms with Crippen molar-refractivity contribution in [2.75, 3.05) is 33.3 Å². The van der Waals surface area contributed by atoms with Gasteiger partial charge in [-0.1, -0.05) is 40.0 Å². The fourth-order valence-corrected chi connectivity index (χ4v) is 3.81. The highest BCUT2D eigenvalue weighted by Crippen LogP contribution is 2.37. The Hall–Kier alpha value is -0.120. The largest absolute Gasteiger partial charge is 0.394 e. The Kier molecular flexibility index (Phi) is 8.08. The summed E-state index contributed by atoms with van der Waals surface area (Å²) >= 11 is 0. The monoisotopic (exact) mass is 284 g/mol. The highest BCUT2D eigenvalue weighted by molar-refractivity contribution is 4.98. The van der Waals surface area contributed by atoms with E-state index in [0.29, 0.717) is 5.92 Å². The third-order valence-electron chi connectivity index (χ3n) is 5.65. The highest BCUT2D eigenvalue weighted by atomic mass is 16.3. The number of nitrogens with one attached hydrogen (secondary N) is 1. The summed E-state index contributed by atoms with van der Waals surface area (Å²) in [5.41, 5.74) is -0.00563. The molecule has 120 valence electrons. The molecule has 3 heteroatoms. The zero-order valence-electron chi connectivity index (χ0n) is 14.1. The summed E-state index contributed by atoms with van der Waals surface area (Å²) in [4.78, 5) is 2.60. The number of hydrogen-bond donors (Lipinski definition) is 2. The molecule has 3 nitrogen and oxygen atoms in total. The molecule has 0 aromatic heterocycles. The number of hydrogen-bond acceptors (Lipinski definition) is 3. The number of nitrogens with zero attached hydrogens (tertiary/aromatic N) is 1. The minimum Gasteiger partial charge on any atom is -0.394 e. The van der Waals surface area contributed by atoms with Crippen LogP contribution in [0.4, 0.5) is 0 Å². The van der Waals surface area contributed by atoms with Crippen LogP contribution in [-0.2, 0) is 0 Å². The summed E-state index contributed by atoms with van der Waals surface area (Å²) in [5, 5.41) is 13.2. The lowest BCUT2D eigenvalue weighted by atomic mass is 9.85. The summed E-state index contributed by atoms with van der Waals surface area (Å²) in [5.74, 6) is 1.47. The minimum atomic E-state index is -0.00563. The molecule has 1 aliphatic carbocycles. The topological polar surface area (TPSA) is 35.5 Å². The zero-order chi connectivity index (χ0) is 15.0. The smallest absolute Gasteiger partial charge is 0.0615 e. The molecule has 2 atom stereocenters. The van der Waals surface area contributed by atoms with E-state index in [-0.39, 0.29) is 12.1 Å². The van der Waals surface area contributed by atoms with Crippen molar-refractivity contribution in [1.29, 1.82) is 0 Å². The van der Waals surface area contributed by atoms with Gasteiger partial charge in [-0.15, -0.1) is 0 Å². The Morgan fingerprint density at radius 2 is 2.00 bits per heavy atom. The first-order chi connectivity index (χ1) is 9.65. The van der Waals surface area contributed by atoms with Gasteiger partial charge in [0.25, 0.3) is 0 Å². The summed E-state index contributed by atoms with van der Waals surface area (Å²) in [6.45, 7) is 10.7. The van der Waals surface area contributed by atoms with Gasteiger partial charge in [-0.05, 0) is 51.2 Å². The van der Waals surface area contributed by atoms with Crippen LogP contribution in [0.25, 0.3) is 0 Å². The Morgan fingerprint density at radius 1 is 1.30 bits per heavy atom. The molecule has 0 aromatic carbocycles. The van der Waals surface area contributed by atoms with E-state index in [0.717, 1.165) is 18.9 Å². The molecule has 0 saturated heterocycles. The maximum atomic E-state index is 9.75. The number of aliphatic hydroxyl groups is 1. The van der Waals surface area contributed by atoms with Crippen molar-refractivity contribution < 1.29 is 5.11 Å². The van der Waals surface area contributed by atoms with Gasteiger partial charge in [0.2, 0.25) is 0 Å². The second-order valence-electron chi connectivity index (χ2n) is 6.52. The standard InChI is InChI=1S/C17H36N2O/c1-5-15(6-2)13-19(7-3)12-10-16-9-8-11-17(16,14-20)18-4/h15-16,18,20H,5-14H2,1-4H3. The van der Waals surface area contributed by atoms with Crippen molar-refractivity contribution >= 4 is 0 Å². The Labute approximate surface area is 126 Å². The van der Waals surface area contributed by atoms with Gasteiger partial charge >= 0.3 is 0 Å². The molecular weight excluding hydrogens is 248 g/mol. The van der Waals surface area contributed by atoms with Crippen LogP contribution in [0.1, 0.15) is 59.3 Å². The predicted molar refractivity (Wildman–Crippen MR) is 87.0 cm³/mol. The van der Waals surface area contributed by atoms with Crippen molar-refractivity contribution in [2.24, 2.45) is 11.8 Å². The Morgan fingerprint density at radius 3 is 2.50 bits per heavy atom. The first kappa shape index (κ1) is 17.9. The van der Waals surface area contributed by atoms with Gasteiger partial charge in [-0.3, -0.25) is 0 Å². The molecule has 2 N–H and O–H groups in total. The molecule has 0 aliphatic heterocycles. The summed E-state index contributed by atoms with van der Waals surface area (Å²) in [7, 11) is 2.01. The number of aliphatic hydroxyl groups excluding tert-OH is 1. The van der Waals surface area contributed by atoms with Crippen molar-refractivity contribution in [3.8, 4) is 0 Å². The third-order valence-corrected chi connectivity index (χ3v) is 5.65. The summed E-state index contributed by atoms with van der Waals surface area (Å²) in [6, 6.07) is 0. The molecule has 1 saturated carbocycles. The van der Waals surface area contributed by atoms with Crippen molar-refractivity contribution in [2.45, 2.75) is 64.8 Å². The average Bonchev–Trinajstić information content (AvgIpc) is 2.91. The van der Waals surface area contributed by atoms with Crippen molar-refractivity contribution in [3.63, 3.8) is 0 Å². The Balaban J connectivity index is 2.47. The van der Waals surface area contributed by atoms with Crippen molar-refractivity contribution in [1.82, 2.24) is 10.2 Å². The van der Waals surface area contributed by atoms with E-state index in [1.165, 1.54) is 45.2 Å². The van der Waals surface area contributed by atoms with Crippen molar-refractivity contribution in [3.05, 3.63) is 0 Å². The fourth-order valence-electron chi connectivity index (χ4n) is 3.81. The highest BCUT2D eigenvalue weighted by Gasteiger charge is 2.40. The number of likely N-dealkylation sites (N-methyl/N-ethyl adjacent to an activating group) is 1. The van der Waals surface area contributed by atoms with Gasteiger partial charge < -0.3 is 15.3 Å². The SMILES string of the molecule is CCC(CC)CN(CC)CCC1CCCC1(CO)NC. The zero-order valence-corrected chi connectivity index (χ0v) is 14.1. The number of rotatable bonds is 10. The Bertz CT molecular complexity index is 249. The van der Waals surface area contributed by atoms with Crippen LogP contribution in [0.5, 0.6) is 0 Å². The first-order valence-electron chi connectivity index (χ1n) is 8.67. The lowest BCUT2D eigenvalue weighted by molar-refractivity contribution is 0.116. The molecule has 1 fully saturated rings. The van der Waals surface area contributed by atoms with E-state index < -0.39 is 0 Å². The lowest BCUT2D eigenvalue weighted by Gasteiger charge is -2.35. The van der Waals surface area contributed by atoms with Gasteiger partial charge in [0.1, 0.15) is 0 Å². The molecule has 1 rings (SSSR count). The maximum Gasteiger partial charge on any atom is 0.0615 e. The molecule has 0 heterocycles. The van der Waals surface area contributed by atoms with E-state index in [1.54, 1.807) is 0 Å². The maximum absolute atomic E-state index is 9.75. The molecule has 0 radical (unpaired) electrons. The predicted octanol–water partition coefficient (Wildman–Crippen LogP) is 2.89. The van der Waals surface area contributed by atoms with Crippen LogP contribution < -0.4 is 5.32 Å². The van der Waals surface area contributed by atoms with Gasteiger partial charge in [0, 0.05) is 12.1 Å². The lowest BCUT2D eigenvalue weighted by Crippen LogP contribution is -2.50. The van der Waals surface area contributed by atoms with E-state index in [2.05, 4.69) is 31.0 Å². The molecule has 2 unspecified atom stereocenters. The van der Waals surface area contributed by atoms with Crippen LogP contribution in [-0.4, -0.2) is 48.8 Å². The van der Waals surface area contributed by atoms with Gasteiger partial charge in [0.15, 0.2) is 0 Å². The quantitative estimate of drug-likeness (QED) is 0.647. The molecule has 1 aliphatic rings. The van der Waals surface area contributed by atoms with Crippen LogP contribution in [0.15, 0.2) is 0 Å². The molecule has 0 spiro atoms. The fraction of sp³-hybridized carbons (Fsp3) is 1.00. The van der Waals surface area contributed by atoms with E-state index in [9.17, 15) is 5.11 Å². The van der Waals surface area contributed by atoms with E-state index in [4.69, 9.17) is 0 Å². The van der Waals surface area contributed by atoms with Crippen LogP contribution in [0, 0.1) is 11.8 Å². The summed E-state index contributed by atoms with van der Waals surface area (Å²) in [6.07, 6.45) is 7.44. The van der Waals surface area contributed by atoms with Gasteiger partial charge in [-0.2, -0.15) is 0 Å². The molecule has 0 amide bonds. The second-order valence-corrected chi connectivity index (χ2v) is 6.52. The van der Waals surface area contributed by atoms with Gasteiger partial charge in [-0.25, -0.2) is 0 Å². The van der Waals surface area contributed by atoms with E-state index >= 15 is 0 Å². The molecule has 0 aromatic rings. The van der Waals surface area contributed by atoms with Crippen LogP contribution in [0.2, 0.25) is 0 Å². The molecule has 0 bridgehead atoms. The van der Waals surface area contributed by atoms with Crippen LogP contribution >= 0.6 is 0 Å². The average molecular weight is 284 g/mol. The first-order valence-corrected chi connectivity index (χ1v) is 8.67. The third kappa shape index (κ3) is 4.44. The normalized spacial score (nSPS) is 26.9. The summed E-state index contributed by atoms with van der Waals surface area (Å²) < 4.78 is 0. The van der Waals surface area contributed by atoms with E-state index in [1.807, 2.05) is 7.05 Å². The molecule has 20 heavy (non-hydrogen) atoms. The second kappa shape index (κ2) is 9.01. The molecular formula is C17H36N2O.